The Morgan fingerprint density at radius 3 is 2.26 bits per heavy atom. The number of likely N-dealkylation sites (tertiary alicyclic amines) is 1. The molecular formula is C33H42BrN3O4S. The molecule has 3 heterocycles. The Hall–Kier alpha value is -2.36. The maximum absolute atomic E-state index is 14.6. The zero-order valence-electron chi connectivity index (χ0n) is 25.0. The van der Waals surface area contributed by atoms with Gasteiger partial charge >= 0.3 is 0 Å². The van der Waals surface area contributed by atoms with E-state index in [1.54, 1.807) is 16.7 Å². The molecule has 3 aliphatic heterocycles. The first kappa shape index (κ1) is 31.1. The second-order valence-electron chi connectivity index (χ2n) is 13.8. The first-order valence-electron chi connectivity index (χ1n) is 14.7. The lowest BCUT2D eigenvalue weighted by molar-refractivity contribution is -0.143. The maximum Gasteiger partial charge on any atom is 0.244 e. The highest BCUT2D eigenvalue weighted by molar-refractivity contribution is 9.09. The summed E-state index contributed by atoms with van der Waals surface area (Å²) in [6.07, 6.45) is 1.33. The van der Waals surface area contributed by atoms with Crippen molar-refractivity contribution in [3.05, 3.63) is 71.8 Å². The first-order chi connectivity index (χ1) is 19.8. The van der Waals surface area contributed by atoms with Crippen LogP contribution in [0.25, 0.3) is 0 Å². The van der Waals surface area contributed by atoms with Gasteiger partial charge in [-0.2, -0.15) is 0 Å². The molecule has 3 unspecified atom stereocenters. The maximum atomic E-state index is 14.6. The Balaban J connectivity index is 1.53. The lowest BCUT2D eigenvalue weighted by Crippen LogP contribution is -2.59. The Bertz CT molecular complexity index is 1320. The van der Waals surface area contributed by atoms with Crippen molar-refractivity contribution in [2.75, 3.05) is 6.61 Å². The van der Waals surface area contributed by atoms with Crippen molar-refractivity contribution >= 4 is 45.4 Å². The van der Waals surface area contributed by atoms with E-state index in [0.717, 1.165) is 17.5 Å². The number of rotatable bonds is 9. The Labute approximate surface area is 261 Å². The summed E-state index contributed by atoms with van der Waals surface area (Å²) in [6, 6.07) is 17.5. The number of amides is 3. The summed E-state index contributed by atoms with van der Waals surface area (Å²) >= 11 is 5.45. The van der Waals surface area contributed by atoms with Gasteiger partial charge in [-0.05, 0) is 43.2 Å². The molecule has 3 aliphatic rings. The summed E-state index contributed by atoms with van der Waals surface area (Å²) in [4.78, 5) is 44.5. The van der Waals surface area contributed by atoms with Gasteiger partial charge in [0.25, 0.3) is 0 Å². The minimum Gasteiger partial charge on any atom is -0.394 e. The normalized spacial score (nSPS) is 29.4. The Morgan fingerprint density at radius 1 is 1.05 bits per heavy atom. The van der Waals surface area contributed by atoms with Gasteiger partial charge < -0.3 is 20.6 Å². The molecule has 0 aromatic heterocycles. The molecule has 0 radical (unpaired) electrons. The van der Waals surface area contributed by atoms with Gasteiger partial charge in [0.2, 0.25) is 17.7 Å². The van der Waals surface area contributed by atoms with E-state index in [9.17, 15) is 19.5 Å². The molecule has 2 bridgehead atoms. The van der Waals surface area contributed by atoms with E-state index >= 15 is 0 Å². The number of carbonyl (C=O) groups is 3. The number of benzene rings is 2. The molecular weight excluding hydrogens is 614 g/mol. The minimum absolute atomic E-state index is 0.0239. The smallest absolute Gasteiger partial charge is 0.244 e. The number of thioether (sulfide) groups is 1. The molecule has 0 aliphatic carbocycles. The fraction of sp³-hybridized carbons (Fsp3) is 0.545. The second-order valence-corrected chi connectivity index (χ2v) is 16.5. The molecule has 3 fully saturated rings. The van der Waals surface area contributed by atoms with Crippen LogP contribution in [-0.4, -0.2) is 60.7 Å². The number of carbonyl (C=O) groups excluding carboxylic acids is 3. The van der Waals surface area contributed by atoms with Gasteiger partial charge in [-0.15, -0.1) is 11.8 Å². The summed E-state index contributed by atoms with van der Waals surface area (Å²) in [5, 5.41) is 16.9. The second kappa shape index (κ2) is 11.6. The summed E-state index contributed by atoms with van der Waals surface area (Å²) in [5.41, 5.74) is 1.19. The quantitative estimate of drug-likeness (QED) is 0.336. The monoisotopic (exact) mass is 655 g/mol. The number of hydrogen-bond donors (Lipinski definition) is 3. The molecule has 7 atom stereocenters. The third-order valence-corrected chi connectivity index (χ3v) is 11.9. The summed E-state index contributed by atoms with van der Waals surface area (Å²) in [6.45, 7) is 10.5. The number of nitrogens with zero attached hydrogens (tertiary/aromatic N) is 1. The van der Waals surface area contributed by atoms with Crippen LogP contribution in [0.5, 0.6) is 0 Å². The molecule has 1 spiro atoms. The number of fused-ring (bicyclic) bond motifs is 1. The highest BCUT2D eigenvalue weighted by Crippen LogP contribution is 2.68. The molecule has 2 aromatic carbocycles. The van der Waals surface area contributed by atoms with Gasteiger partial charge in [0.15, 0.2) is 0 Å². The fourth-order valence-corrected chi connectivity index (χ4v) is 11.3. The van der Waals surface area contributed by atoms with Crippen molar-refractivity contribution in [3.63, 3.8) is 0 Å². The molecule has 0 saturated carbocycles. The number of halogens is 1. The first-order valence-corrected chi connectivity index (χ1v) is 16.5. The van der Waals surface area contributed by atoms with Crippen LogP contribution in [0.1, 0.15) is 64.6 Å². The highest BCUT2D eigenvalue weighted by Gasteiger charge is 2.76. The van der Waals surface area contributed by atoms with Gasteiger partial charge in [-0.3, -0.25) is 14.4 Å². The Morgan fingerprint density at radius 2 is 1.67 bits per heavy atom. The molecule has 3 amide bonds. The van der Waals surface area contributed by atoms with Crippen molar-refractivity contribution in [2.45, 2.75) is 86.5 Å². The average molecular weight is 657 g/mol. The largest absolute Gasteiger partial charge is 0.394 e. The minimum atomic E-state index is -0.839. The van der Waals surface area contributed by atoms with Crippen molar-refractivity contribution in [1.29, 1.82) is 0 Å². The van der Waals surface area contributed by atoms with E-state index in [0.29, 0.717) is 13.0 Å². The molecule has 5 rings (SSSR count). The van der Waals surface area contributed by atoms with Crippen molar-refractivity contribution in [3.8, 4) is 0 Å². The standard InChI is InChI=1S/C33H42BrN3O4S/c1-31(2,3)19-32(4,5)36-29(40)27-33-16-22(34)26(42-33)24(28(39)35-17-20-12-8-6-9-13-20)25(33)30(41)37(27)23(18-38)21-14-10-7-11-15-21/h6-15,22-27,38H,16-19H2,1-5H3,(H,35,39)(H,36,40)/t22?,23-,24-,25+,26-,27?,33?/m1/s1. The van der Waals surface area contributed by atoms with Crippen LogP contribution in [0.4, 0.5) is 0 Å². The van der Waals surface area contributed by atoms with Gasteiger partial charge in [0.05, 0.1) is 29.2 Å². The summed E-state index contributed by atoms with van der Waals surface area (Å²) in [7, 11) is 0. The molecule has 42 heavy (non-hydrogen) atoms. The van der Waals surface area contributed by atoms with Gasteiger partial charge in [-0.25, -0.2) is 0 Å². The van der Waals surface area contributed by atoms with Crippen LogP contribution in [-0.2, 0) is 20.9 Å². The van der Waals surface area contributed by atoms with E-state index in [-0.39, 0.29) is 39.8 Å². The summed E-state index contributed by atoms with van der Waals surface area (Å²) < 4.78 is -0.797. The van der Waals surface area contributed by atoms with Crippen LogP contribution in [0, 0.1) is 17.3 Å². The van der Waals surface area contributed by atoms with E-state index < -0.39 is 34.2 Å². The van der Waals surface area contributed by atoms with Crippen molar-refractivity contribution < 1.29 is 19.5 Å². The molecule has 3 saturated heterocycles. The number of aliphatic hydroxyl groups excluding tert-OH is 1. The predicted molar refractivity (Wildman–Crippen MR) is 170 cm³/mol. The van der Waals surface area contributed by atoms with Gasteiger partial charge in [0.1, 0.15) is 6.04 Å². The Kier molecular flexibility index (Phi) is 8.60. The number of aliphatic hydroxyl groups is 1. The zero-order valence-corrected chi connectivity index (χ0v) is 27.4. The van der Waals surface area contributed by atoms with Crippen LogP contribution in [0.3, 0.4) is 0 Å². The SMILES string of the molecule is CC(C)(C)CC(C)(C)NC(=O)C1N([C@H](CO)c2ccccc2)C(=O)[C@@H]2[C@@H](C(=O)NCc3ccccc3)[C@@H]3SC12CC3Br. The third kappa shape index (κ3) is 5.76. The average Bonchev–Trinajstić information content (AvgIpc) is 3.51. The third-order valence-electron chi connectivity index (χ3n) is 8.71. The van der Waals surface area contributed by atoms with E-state index in [2.05, 4.69) is 47.3 Å². The molecule has 226 valence electrons. The van der Waals surface area contributed by atoms with E-state index in [1.165, 1.54) is 0 Å². The molecule has 9 heteroatoms. The van der Waals surface area contributed by atoms with Crippen LogP contribution >= 0.6 is 27.7 Å². The molecule has 3 N–H and O–H groups in total. The van der Waals surface area contributed by atoms with Crippen molar-refractivity contribution in [1.82, 2.24) is 15.5 Å². The van der Waals surface area contributed by atoms with Gasteiger partial charge in [0, 0.05) is 22.2 Å². The zero-order chi connectivity index (χ0) is 30.4. The van der Waals surface area contributed by atoms with E-state index in [1.807, 2.05) is 74.5 Å². The number of nitrogens with one attached hydrogen (secondary N) is 2. The van der Waals surface area contributed by atoms with Crippen LogP contribution in [0.2, 0.25) is 0 Å². The molecule has 7 nitrogen and oxygen atoms in total. The topological polar surface area (TPSA) is 98.7 Å². The fourth-order valence-electron chi connectivity index (χ4n) is 7.71. The lowest BCUT2D eigenvalue weighted by Gasteiger charge is -2.40. The van der Waals surface area contributed by atoms with E-state index in [4.69, 9.17) is 0 Å². The van der Waals surface area contributed by atoms with Crippen LogP contribution < -0.4 is 10.6 Å². The molecule has 2 aromatic rings. The number of hydrogen-bond acceptors (Lipinski definition) is 5. The number of alkyl halides is 1. The lowest BCUT2D eigenvalue weighted by atomic mass is 9.70. The summed E-state index contributed by atoms with van der Waals surface area (Å²) in [5.74, 6) is -1.90. The predicted octanol–water partition coefficient (Wildman–Crippen LogP) is 4.83. The van der Waals surface area contributed by atoms with Crippen LogP contribution in [0.15, 0.2) is 60.7 Å². The highest BCUT2D eigenvalue weighted by atomic mass is 79.9. The van der Waals surface area contributed by atoms with Crippen molar-refractivity contribution in [2.24, 2.45) is 17.3 Å². The van der Waals surface area contributed by atoms with Gasteiger partial charge in [-0.1, -0.05) is 97.4 Å².